The number of carbonyl (C=O) groups excluding carboxylic acids is 1. The Balaban J connectivity index is 0.00000242. The van der Waals surface area contributed by atoms with Gasteiger partial charge in [0.15, 0.2) is 0 Å². The van der Waals surface area contributed by atoms with Gasteiger partial charge in [0.25, 0.3) is 5.91 Å². The van der Waals surface area contributed by atoms with Gasteiger partial charge in [0.05, 0.1) is 15.6 Å². The van der Waals surface area contributed by atoms with Gasteiger partial charge in [-0.15, -0.1) is 24.2 Å². The Morgan fingerprint density at radius 1 is 1.41 bits per heavy atom. The van der Waals surface area contributed by atoms with Crippen molar-refractivity contribution in [2.75, 3.05) is 25.9 Å². The molecule has 124 valence electrons. The van der Waals surface area contributed by atoms with Gasteiger partial charge in [-0.25, -0.2) is 0 Å². The Bertz CT molecular complexity index is 508. The lowest BCUT2D eigenvalue weighted by Gasteiger charge is -2.22. The van der Waals surface area contributed by atoms with E-state index in [1.54, 1.807) is 12.1 Å². The first-order valence-corrected chi connectivity index (χ1v) is 9.12. The molecule has 2 N–H and O–H groups in total. The summed E-state index contributed by atoms with van der Waals surface area (Å²) in [5.41, 5.74) is 0.493. The van der Waals surface area contributed by atoms with Crippen LogP contribution in [0.15, 0.2) is 17.0 Å². The van der Waals surface area contributed by atoms with Crippen LogP contribution in [-0.2, 0) is 0 Å². The number of carbonyl (C=O) groups is 1. The maximum absolute atomic E-state index is 12.2. The zero-order chi connectivity index (χ0) is 15.2. The van der Waals surface area contributed by atoms with Gasteiger partial charge in [-0.3, -0.25) is 4.79 Å². The minimum Gasteiger partial charge on any atom is -0.352 e. The predicted molar refractivity (Wildman–Crippen MR) is 98.0 cm³/mol. The highest BCUT2D eigenvalue weighted by Crippen LogP contribution is 2.31. The average molecular weight is 384 g/mol. The van der Waals surface area contributed by atoms with Crippen LogP contribution in [0.3, 0.4) is 0 Å². The second kappa shape index (κ2) is 9.89. The van der Waals surface area contributed by atoms with E-state index in [0.717, 1.165) is 24.4 Å². The molecule has 1 unspecified atom stereocenters. The predicted octanol–water partition coefficient (Wildman–Crippen LogP) is 4.26. The average Bonchev–Trinajstić information content (AvgIpc) is 2.48. The van der Waals surface area contributed by atoms with E-state index in [0.29, 0.717) is 28.1 Å². The summed E-state index contributed by atoms with van der Waals surface area (Å²) in [4.78, 5) is 13.1. The molecule has 1 fully saturated rings. The van der Waals surface area contributed by atoms with Crippen molar-refractivity contribution in [3.63, 3.8) is 0 Å². The van der Waals surface area contributed by atoms with E-state index in [9.17, 15) is 4.79 Å². The molecular weight excluding hydrogens is 363 g/mol. The molecule has 0 bridgehead atoms. The maximum Gasteiger partial charge on any atom is 0.252 e. The van der Waals surface area contributed by atoms with Gasteiger partial charge in [0.1, 0.15) is 0 Å². The van der Waals surface area contributed by atoms with Crippen molar-refractivity contribution in [3.05, 3.63) is 27.7 Å². The van der Waals surface area contributed by atoms with Crippen LogP contribution in [0.5, 0.6) is 0 Å². The van der Waals surface area contributed by atoms with Crippen molar-refractivity contribution >= 4 is 53.3 Å². The molecule has 1 heterocycles. The molecule has 3 nitrogen and oxygen atoms in total. The highest BCUT2D eigenvalue weighted by molar-refractivity contribution is 7.98. The lowest BCUT2D eigenvalue weighted by atomic mass is 9.96. The van der Waals surface area contributed by atoms with E-state index in [-0.39, 0.29) is 18.3 Å². The van der Waals surface area contributed by atoms with Crippen molar-refractivity contribution in [1.82, 2.24) is 10.6 Å². The van der Waals surface area contributed by atoms with Crippen LogP contribution in [0.2, 0.25) is 10.0 Å². The molecule has 1 aliphatic rings. The third kappa shape index (κ3) is 5.50. The van der Waals surface area contributed by atoms with Crippen LogP contribution in [0.1, 0.15) is 29.6 Å². The van der Waals surface area contributed by atoms with Crippen LogP contribution in [-0.4, -0.2) is 31.8 Å². The summed E-state index contributed by atoms with van der Waals surface area (Å²) < 4.78 is 0. The highest BCUT2D eigenvalue weighted by Gasteiger charge is 2.16. The van der Waals surface area contributed by atoms with E-state index in [2.05, 4.69) is 10.6 Å². The van der Waals surface area contributed by atoms with Gasteiger partial charge < -0.3 is 10.6 Å². The van der Waals surface area contributed by atoms with E-state index in [1.807, 2.05) is 6.26 Å². The Hall–Kier alpha value is -0.130. The Morgan fingerprint density at radius 3 is 2.82 bits per heavy atom. The first kappa shape index (κ1) is 19.9. The van der Waals surface area contributed by atoms with Crippen LogP contribution in [0.25, 0.3) is 0 Å². The first-order chi connectivity index (χ1) is 10.1. The largest absolute Gasteiger partial charge is 0.352 e. The van der Waals surface area contributed by atoms with Crippen molar-refractivity contribution in [2.45, 2.75) is 24.2 Å². The summed E-state index contributed by atoms with van der Waals surface area (Å²) in [7, 11) is 0. The molecule has 1 amide bonds. The van der Waals surface area contributed by atoms with E-state index >= 15 is 0 Å². The van der Waals surface area contributed by atoms with Crippen LogP contribution < -0.4 is 10.6 Å². The molecular formula is C15H21Cl3N2OS. The number of hydrogen-bond donors (Lipinski definition) is 2. The number of benzene rings is 1. The van der Waals surface area contributed by atoms with Gasteiger partial charge >= 0.3 is 0 Å². The molecule has 22 heavy (non-hydrogen) atoms. The molecule has 0 spiro atoms. The number of piperidine rings is 1. The minimum absolute atomic E-state index is 0. The fourth-order valence-corrected chi connectivity index (χ4v) is 3.71. The fraction of sp³-hybridized carbons (Fsp3) is 0.533. The quantitative estimate of drug-likeness (QED) is 0.747. The van der Waals surface area contributed by atoms with Crippen molar-refractivity contribution in [1.29, 1.82) is 0 Å². The van der Waals surface area contributed by atoms with Gasteiger partial charge in [0, 0.05) is 11.4 Å². The summed E-state index contributed by atoms with van der Waals surface area (Å²) in [5, 5.41) is 7.32. The molecule has 7 heteroatoms. The molecule has 1 aromatic carbocycles. The molecule has 1 saturated heterocycles. The van der Waals surface area contributed by atoms with Gasteiger partial charge in [0.2, 0.25) is 0 Å². The van der Waals surface area contributed by atoms with Crippen LogP contribution in [0.4, 0.5) is 0 Å². The third-order valence-electron chi connectivity index (χ3n) is 3.72. The molecule has 0 saturated carbocycles. The normalized spacial score (nSPS) is 17.7. The number of hydrogen-bond acceptors (Lipinski definition) is 3. The number of rotatable bonds is 5. The molecule has 1 atom stereocenters. The number of halogens is 3. The zero-order valence-electron chi connectivity index (χ0n) is 12.5. The fourth-order valence-electron chi connectivity index (χ4n) is 2.51. The SMILES string of the molecule is CSc1cc(C(=O)NCCC2CCCNC2)c(Cl)cc1Cl.Cl. The van der Waals surface area contributed by atoms with Gasteiger partial charge in [-0.1, -0.05) is 23.2 Å². The third-order valence-corrected chi connectivity index (χ3v) is 5.24. The Kier molecular flexibility index (Phi) is 8.95. The molecule has 1 aromatic rings. The van der Waals surface area contributed by atoms with Gasteiger partial charge in [-0.05, 0) is 56.7 Å². The summed E-state index contributed by atoms with van der Waals surface area (Å²) >= 11 is 13.7. The van der Waals surface area contributed by atoms with E-state index in [1.165, 1.54) is 24.6 Å². The number of thioether (sulfide) groups is 1. The lowest BCUT2D eigenvalue weighted by Crippen LogP contribution is -2.33. The van der Waals surface area contributed by atoms with Crippen molar-refractivity contribution in [3.8, 4) is 0 Å². The first-order valence-electron chi connectivity index (χ1n) is 7.13. The molecule has 0 radical (unpaired) electrons. The Morgan fingerprint density at radius 2 is 2.18 bits per heavy atom. The summed E-state index contributed by atoms with van der Waals surface area (Å²) in [6, 6.07) is 3.39. The second-order valence-electron chi connectivity index (χ2n) is 5.22. The Labute approximate surface area is 152 Å². The van der Waals surface area contributed by atoms with Gasteiger partial charge in [-0.2, -0.15) is 0 Å². The molecule has 2 rings (SSSR count). The standard InChI is InChI=1S/C15H20Cl2N2OS.ClH/c1-21-14-7-11(12(16)8-13(14)17)15(20)19-6-4-10-3-2-5-18-9-10;/h7-8,10,18H,2-6,9H2,1H3,(H,19,20);1H. The summed E-state index contributed by atoms with van der Waals surface area (Å²) in [5.74, 6) is 0.525. The molecule has 0 aliphatic carbocycles. The van der Waals surface area contributed by atoms with Crippen molar-refractivity contribution in [2.24, 2.45) is 5.92 Å². The number of nitrogens with one attached hydrogen (secondary N) is 2. The topological polar surface area (TPSA) is 41.1 Å². The van der Waals surface area contributed by atoms with Crippen LogP contribution in [0, 0.1) is 5.92 Å². The lowest BCUT2D eigenvalue weighted by molar-refractivity contribution is 0.0950. The highest BCUT2D eigenvalue weighted by atomic mass is 35.5. The summed E-state index contributed by atoms with van der Waals surface area (Å²) in [6.07, 6.45) is 5.38. The van der Waals surface area contributed by atoms with Crippen molar-refractivity contribution < 1.29 is 4.79 Å². The van der Waals surface area contributed by atoms with E-state index in [4.69, 9.17) is 23.2 Å². The maximum atomic E-state index is 12.2. The van der Waals surface area contributed by atoms with Crippen LogP contribution >= 0.6 is 47.4 Å². The minimum atomic E-state index is -0.129. The molecule has 1 aliphatic heterocycles. The zero-order valence-corrected chi connectivity index (χ0v) is 15.6. The second-order valence-corrected chi connectivity index (χ2v) is 6.89. The summed E-state index contributed by atoms with van der Waals surface area (Å²) in [6.45, 7) is 2.84. The smallest absolute Gasteiger partial charge is 0.252 e. The monoisotopic (exact) mass is 382 g/mol. The molecule has 0 aromatic heterocycles. The number of amides is 1. The van der Waals surface area contributed by atoms with E-state index < -0.39 is 0 Å².